The maximum Gasteiger partial charge on any atom is 0.308 e. The maximum absolute atomic E-state index is 14.0. The fraction of sp³-hybridized carbons (Fsp3) is 0.625. The van der Waals surface area contributed by atoms with Crippen molar-refractivity contribution >= 4 is 20.1 Å². The number of Topliss-reactive ketones (excluding diaryl/α,β-unsaturated/α-hetero) is 1. The number of fused-ring (bicyclic) bond motifs is 1. The van der Waals surface area contributed by atoms with Crippen molar-refractivity contribution in [3.8, 4) is 0 Å². The molecule has 0 radical (unpaired) electrons. The highest BCUT2D eigenvalue weighted by atomic mass is 28.4. The molecular formula is C32H46O5Si. The Kier molecular flexibility index (Phi) is 8.56. The normalized spacial score (nSPS) is 32.8. The van der Waals surface area contributed by atoms with E-state index < -0.39 is 20.3 Å². The van der Waals surface area contributed by atoms with Crippen molar-refractivity contribution in [3.05, 3.63) is 59.7 Å². The van der Waals surface area contributed by atoms with Gasteiger partial charge in [0, 0.05) is 12.3 Å². The number of allylic oxidation sites excluding steroid dienone is 4. The van der Waals surface area contributed by atoms with E-state index in [0.717, 1.165) is 17.6 Å². The van der Waals surface area contributed by atoms with Gasteiger partial charge in [-0.15, -0.1) is 0 Å². The van der Waals surface area contributed by atoms with Crippen molar-refractivity contribution in [1.29, 1.82) is 0 Å². The largest absolute Gasteiger partial charge is 0.462 e. The second-order valence-electron chi connectivity index (χ2n) is 13.3. The highest BCUT2D eigenvalue weighted by molar-refractivity contribution is 6.74. The predicted octanol–water partition coefficient (Wildman–Crippen LogP) is 6.80. The molecule has 4 rings (SSSR count). The third kappa shape index (κ3) is 6.08. The van der Waals surface area contributed by atoms with E-state index in [2.05, 4.69) is 59.0 Å². The van der Waals surface area contributed by atoms with Crippen LogP contribution in [0.3, 0.4) is 0 Å². The Labute approximate surface area is 229 Å². The Hall–Kier alpha value is -2.02. The summed E-state index contributed by atoms with van der Waals surface area (Å²) in [4.78, 5) is 26.5. The highest BCUT2D eigenvalue weighted by Gasteiger charge is 2.46. The summed E-state index contributed by atoms with van der Waals surface area (Å²) in [5.41, 5.74) is 1.86. The molecule has 0 aromatic heterocycles. The Morgan fingerprint density at radius 3 is 2.42 bits per heavy atom. The molecule has 208 valence electrons. The van der Waals surface area contributed by atoms with Gasteiger partial charge < -0.3 is 14.3 Å². The lowest BCUT2D eigenvalue weighted by atomic mass is 9.62. The lowest BCUT2D eigenvalue weighted by Gasteiger charge is -2.43. The summed E-state index contributed by atoms with van der Waals surface area (Å²) in [5.74, 6) is -0.478. The van der Waals surface area contributed by atoms with Crippen molar-refractivity contribution in [2.45, 2.75) is 96.7 Å². The Morgan fingerprint density at radius 1 is 1.08 bits per heavy atom. The number of hydrogen-bond acceptors (Lipinski definition) is 5. The molecule has 6 heteroatoms. The number of carbonyl (C=O) groups is 2. The number of aliphatic hydroxyl groups is 1. The summed E-state index contributed by atoms with van der Waals surface area (Å²) in [5, 5.41) is 11.3. The molecule has 1 aromatic carbocycles. The van der Waals surface area contributed by atoms with Crippen molar-refractivity contribution in [1.82, 2.24) is 0 Å². The van der Waals surface area contributed by atoms with Gasteiger partial charge >= 0.3 is 5.97 Å². The monoisotopic (exact) mass is 538 g/mol. The Balaban J connectivity index is 1.48. The average molecular weight is 539 g/mol. The van der Waals surface area contributed by atoms with Gasteiger partial charge in [-0.3, -0.25) is 9.59 Å². The standard InChI is InChI=1S/C32H46O5Si/c1-20-13-14-23-17-21(2)28(30(34)22-11-9-8-10-12-22)31(35)29(23)26(20)16-15-24-18-25(19-27(33)36-24)37-38(6,7)32(3,4)5/h8-14,17,20-21,24-26,28-30,34H,15-16,18-19H2,1-7H3/t20-,21-,24+,25+,26-,28-,29-,30-/m0/s1. The molecule has 0 spiro atoms. The topological polar surface area (TPSA) is 72.8 Å². The molecule has 38 heavy (non-hydrogen) atoms. The van der Waals surface area contributed by atoms with Crippen LogP contribution in [0.1, 0.15) is 72.0 Å². The van der Waals surface area contributed by atoms with Gasteiger partial charge in [0.25, 0.3) is 0 Å². The van der Waals surface area contributed by atoms with Gasteiger partial charge in [-0.25, -0.2) is 0 Å². The third-order valence-corrected chi connectivity index (χ3v) is 14.0. The zero-order valence-electron chi connectivity index (χ0n) is 24.1. The number of hydrogen-bond donors (Lipinski definition) is 1. The molecule has 1 aromatic rings. The maximum atomic E-state index is 14.0. The SMILES string of the molecule is C[C@H]1C=CC2=C[C@H](C)[C@@H]([C@@H](O)c3ccccc3)C(=O)[C@@H]2[C@H]1CC[C@@H]1C[C@@H](O[Si](C)(C)C(C)(C)C)CC(=O)O1. The lowest BCUT2D eigenvalue weighted by molar-refractivity contribution is -0.160. The Bertz CT molecular complexity index is 1070. The van der Waals surface area contributed by atoms with Crippen molar-refractivity contribution < 1.29 is 23.9 Å². The van der Waals surface area contributed by atoms with Crippen LogP contribution in [0, 0.1) is 29.6 Å². The van der Waals surface area contributed by atoms with E-state index in [1.54, 1.807) is 0 Å². The number of ketones is 1. The van der Waals surface area contributed by atoms with Crippen LogP contribution in [0.2, 0.25) is 18.1 Å². The molecule has 0 unspecified atom stereocenters. The minimum atomic E-state index is -2.00. The molecule has 3 aliphatic rings. The summed E-state index contributed by atoms with van der Waals surface area (Å²) in [6.45, 7) is 15.3. The fourth-order valence-corrected chi connectivity index (χ4v) is 7.65. The molecule has 2 aliphatic carbocycles. The van der Waals surface area contributed by atoms with Crippen molar-refractivity contribution in [2.24, 2.45) is 29.6 Å². The quantitative estimate of drug-likeness (QED) is 0.305. The van der Waals surface area contributed by atoms with Gasteiger partial charge in [0.05, 0.1) is 24.5 Å². The summed E-state index contributed by atoms with van der Waals surface area (Å²) < 4.78 is 12.4. The van der Waals surface area contributed by atoms with Crippen LogP contribution in [0.15, 0.2) is 54.1 Å². The molecule has 1 N–H and O–H groups in total. The molecular weight excluding hydrogens is 492 g/mol. The molecule has 0 bridgehead atoms. The van der Waals surface area contributed by atoms with Crippen LogP contribution in [-0.2, 0) is 18.8 Å². The molecule has 5 nitrogen and oxygen atoms in total. The van der Waals surface area contributed by atoms with E-state index in [1.165, 1.54) is 0 Å². The minimum Gasteiger partial charge on any atom is -0.462 e. The summed E-state index contributed by atoms with van der Waals surface area (Å²) in [6, 6.07) is 9.51. The first kappa shape index (κ1) is 29.0. The number of benzene rings is 1. The van der Waals surface area contributed by atoms with Crippen molar-refractivity contribution in [2.75, 3.05) is 0 Å². The van der Waals surface area contributed by atoms with Gasteiger partial charge in [-0.2, -0.15) is 0 Å². The number of esters is 1. The van der Waals surface area contributed by atoms with E-state index in [1.807, 2.05) is 37.3 Å². The highest BCUT2D eigenvalue weighted by Crippen LogP contribution is 2.47. The molecule has 8 atom stereocenters. The first-order valence-corrected chi connectivity index (χ1v) is 17.2. The van der Waals surface area contributed by atoms with Gasteiger partial charge in [0.1, 0.15) is 11.9 Å². The first-order chi connectivity index (χ1) is 17.8. The lowest BCUT2D eigenvalue weighted by Crippen LogP contribution is -2.47. The average Bonchev–Trinajstić information content (AvgIpc) is 2.82. The number of cyclic esters (lactones) is 1. The summed E-state index contributed by atoms with van der Waals surface area (Å²) in [7, 11) is -2.00. The van der Waals surface area contributed by atoms with E-state index >= 15 is 0 Å². The van der Waals surface area contributed by atoms with Crippen molar-refractivity contribution in [3.63, 3.8) is 0 Å². The molecule has 1 saturated heterocycles. The van der Waals surface area contributed by atoms with Crippen LogP contribution in [0.5, 0.6) is 0 Å². The van der Waals surface area contributed by atoms with Gasteiger partial charge in [0.15, 0.2) is 8.32 Å². The number of rotatable bonds is 7. The molecule has 0 saturated carbocycles. The first-order valence-electron chi connectivity index (χ1n) is 14.3. The number of ether oxygens (including phenoxy) is 1. The van der Waals surface area contributed by atoms with Gasteiger partial charge in [0.2, 0.25) is 0 Å². The molecule has 1 fully saturated rings. The Morgan fingerprint density at radius 2 is 1.76 bits per heavy atom. The summed E-state index contributed by atoms with van der Waals surface area (Å²) >= 11 is 0. The van der Waals surface area contributed by atoms with E-state index in [-0.39, 0.29) is 52.7 Å². The van der Waals surface area contributed by atoms with Gasteiger partial charge in [-0.05, 0) is 59.9 Å². The predicted molar refractivity (Wildman–Crippen MR) is 153 cm³/mol. The smallest absolute Gasteiger partial charge is 0.308 e. The summed E-state index contributed by atoms with van der Waals surface area (Å²) in [6.07, 6.45) is 7.89. The van der Waals surface area contributed by atoms with Crippen LogP contribution in [0.25, 0.3) is 0 Å². The zero-order valence-corrected chi connectivity index (χ0v) is 25.1. The second kappa shape index (κ2) is 11.2. The van der Waals surface area contributed by atoms with Crippen LogP contribution in [-0.4, -0.2) is 37.4 Å². The second-order valence-corrected chi connectivity index (χ2v) is 18.1. The van der Waals surface area contributed by atoms with Gasteiger partial charge in [-0.1, -0.05) is 83.2 Å². The molecule has 1 heterocycles. The zero-order chi connectivity index (χ0) is 27.8. The van der Waals surface area contributed by atoms with Crippen LogP contribution >= 0.6 is 0 Å². The van der Waals surface area contributed by atoms with Crippen LogP contribution in [0.4, 0.5) is 0 Å². The third-order valence-electron chi connectivity index (χ3n) is 9.50. The van der Waals surface area contributed by atoms with Crippen LogP contribution < -0.4 is 0 Å². The fourth-order valence-electron chi connectivity index (χ4n) is 6.28. The van der Waals surface area contributed by atoms with E-state index in [9.17, 15) is 14.7 Å². The molecule has 0 amide bonds. The van der Waals surface area contributed by atoms with E-state index in [0.29, 0.717) is 19.3 Å². The number of carbonyl (C=O) groups excluding carboxylic acids is 2. The van der Waals surface area contributed by atoms with E-state index in [4.69, 9.17) is 9.16 Å². The molecule has 1 aliphatic heterocycles. The number of aliphatic hydroxyl groups excluding tert-OH is 1. The minimum absolute atomic E-state index is 0.0461.